The van der Waals surface area contributed by atoms with Crippen LogP contribution in [-0.4, -0.2) is 9.78 Å². The number of aryl methyl sites for hydroxylation is 2. The number of hydrogen-bond donors (Lipinski definition) is 1. The van der Waals surface area contributed by atoms with Gasteiger partial charge in [0.25, 0.3) is 0 Å². The highest BCUT2D eigenvalue weighted by Crippen LogP contribution is 2.21. The summed E-state index contributed by atoms with van der Waals surface area (Å²) >= 11 is 9.46. The Bertz CT molecular complexity index is 593. The molecule has 0 aliphatic rings. The molecule has 0 spiro atoms. The van der Waals surface area contributed by atoms with E-state index in [1.54, 1.807) is 0 Å². The van der Waals surface area contributed by atoms with Crippen LogP contribution in [-0.2, 0) is 20.1 Å². The highest BCUT2D eigenvalue weighted by atomic mass is 79.9. The van der Waals surface area contributed by atoms with Crippen molar-refractivity contribution in [3.63, 3.8) is 0 Å². The van der Waals surface area contributed by atoms with Crippen molar-refractivity contribution in [1.82, 2.24) is 15.1 Å². The lowest BCUT2D eigenvalue weighted by Gasteiger charge is -2.08. The number of rotatable bonds is 4. The average molecular weight is 343 g/mol. The van der Waals surface area contributed by atoms with E-state index in [1.165, 1.54) is 16.8 Å². The Morgan fingerprint density at radius 3 is 2.63 bits per heavy atom. The van der Waals surface area contributed by atoms with Gasteiger partial charge in [-0.1, -0.05) is 33.6 Å². The van der Waals surface area contributed by atoms with Crippen LogP contribution in [0, 0.1) is 13.8 Å². The first-order chi connectivity index (χ1) is 8.99. The maximum Gasteiger partial charge on any atom is 0.0641 e. The molecule has 1 aromatic heterocycles. The van der Waals surface area contributed by atoms with E-state index in [-0.39, 0.29) is 0 Å². The molecule has 1 heterocycles. The summed E-state index contributed by atoms with van der Waals surface area (Å²) < 4.78 is 2.96. The highest BCUT2D eigenvalue weighted by molar-refractivity contribution is 9.10. The zero-order valence-electron chi connectivity index (χ0n) is 11.3. The Kier molecular flexibility index (Phi) is 4.66. The van der Waals surface area contributed by atoms with Gasteiger partial charge >= 0.3 is 0 Å². The molecule has 19 heavy (non-hydrogen) atoms. The van der Waals surface area contributed by atoms with Gasteiger partial charge in [0.15, 0.2) is 0 Å². The third kappa shape index (κ3) is 3.38. The zero-order valence-corrected chi connectivity index (χ0v) is 13.6. The third-order valence-electron chi connectivity index (χ3n) is 3.29. The fourth-order valence-electron chi connectivity index (χ4n) is 2.06. The van der Waals surface area contributed by atoms with E-state index in [1.807, 2.05) is 36.9 Å². The summed E-state index contributed by atoms with van der Waals surface area (Å²) in [5.74, 6) is 0. The fourth-order valence-corrected chi connectivity index (χ4v) is 2.88. The molecular formula is C14H17BrClN3. The lowest BCUT2D eigenvalue weighted by Crippen LogP contribution is -2.14. The van der Waals surface area contributed by atoms with E-state index >= 15 is 0 Å². The van der Waals surface area contributed by atoms with Crippen molar-refractivity contribution in [3.8, 4) is 0 Å². The number of halogens is 2. The van der Waals surface area contributed by atoms with Gasteiger partial charge in [-0.2, -0.15) is 5.10 Å². The molecule has 1 N–H and O–H groups in total. The van der Waals surface area contributed by atoms with Crippen LogP contribution in [0.4, 0.5) is 0 Å². The molecule has 2 aromatic rings. The largest absolute Gasteiger partial charge is 0.308 e. The molecule has 0 radical (unpaired) electrons. The maximum atomic E-state index is 5.93. The minimum absolute atomic E-state index is 0.745. The van der Waals surface area contributed by atoms with Crippen molar-refractivity contribution in [2.45, 2.75) is 26.9 Å². The fraction of sp³-hybridized carbons (Fsp3) is 0.357. The van der Waals surface area contributed by atoms with E-state index in [0.717, 1.165) is 28.3 Å². The lowest BCUT2D eigenvalue weighted by molar-refractivity contribution is 0.682. The topological polar surface area (TPSA) is 29.9 Å². The second-order valence-corrected chi connectivity index (χ2v) is 5.90. The first kappa shape index (κ1) is 14.6. The Balaban J connectivity index is 2.00. The normalized spacial score (nSPS) is 11.0. The Labute approximate surface area is 127 Å². The van der Waals surface area contributed by atoms with Crippen LogP contribution in [0.3, 0.4) is 0 Å². The second kappa shape index (κ2) is 6.07. The zero-order chi connectivity index (χ0) is 14.0. The van der Waals surface area contributed by atoms with Crippen molar-refractivity contribution in [3.05, 3.63) is 50.2 Å². The highest BCUT2D eigenvalue weighted by Gasteiger charge is 2.08. The van der Waals surface area contributed by atoms with E-state index in [4.69, 9.17) is 11.6 Å². The first-order valence-electron chi connectivity index (χ1n) is 6.12. The van der Waals surface area contributed by atoms with Crippen LogP contribution < -0.4 is 5.32 Å². The summed E-state index contributed by atoms with van der Waals surface area (Å²) in [5.41, 5.74) is 4.76. The molecule has 3 nitrogen and oxygen atoms in total. The Morgan fingerprint density at radius 1 is 1.32 bits per heavy atom. The first-order valence-corrected chi connectivity index (χ1v) is 7.30. The van der Waals surface area contributed by atoms with Crippen molar-refractivity contribution in [2.75, 3.05) is 0 Å². The number of hydrogen-bond acceptors (Lipinski definition) is 2. The summed E-state index contributed by atoms with van der Waals surface area (Å²) in [6.45, 7) is 5.75. The molecule has 0 atom stereocenters. The molecule has 0 amide bonds. The molecule has 1 aromatic carbocycles. The third-order valence-corrected chi connectivity index (χ3v) is 4.26. The molecule has 0 saturated heterocycles. The molecule has 0 aliphatic carbocycles. The van der Waals surface area contributed by atoms with E-state index in [2.05, 4.69) is 33.3 Å². The van der Waals surface area contributed by atoms with Crippen LogP contribution in [0.15, 0.2) is 22.7 Å². The molecule has 0 saturated carbocycles. The van der Waals surface area contributed by atoms with Gasteiger partial charge in [0.1, 0.15) is 0 Å². The molecule has 0 aliphatic heterocycles. The van der Waals surface area contributed by atoms with Crippen molar-refractivity contribution in [2.24, 2.45) is 7.05 Å². The van der Waals surface area contributed by atoms with Gasteiger partial charge in [-0.25, -0.2) is 0 Å². The molecule has 102 valence electrons. The van der Waals surface area contributed by atoms with Crippen LogP contribution in [0.25, 0.3) is 0 Å². The van der Waals surface area contributed by atoms with Gasteiger partial charge < -0.3 is 5.32 Å². The van der Waals surface area contributed by atoms with Gasteiger partial charge in [0.05, 0.1) is 5.69 Å². The standard InChI is InChI=1S/C14H17BrClN3/c1-9-13(10(2)19(3)18-9)8-17-7-11-4-5-12(16)6-14(11)15/h4-6,17H,7-8H2,1-3H3. The van der Waals surface area contributed by atoms with Gasteiger partial charge in [-0.15, -0.1) is 0 Å². The number of nitrogens with one attached hydrogen (secondary N) is 1. The molecule has 0 unspecified atom stereocenters. The van der Waals surface area contributed by atoms with Crippen LogP contribution in [0.5, 0.6) is 0 Å². The quantitative estimate of drug-likeness (QED) is 0.917. The smallest absolute Gasteiger partial charge is 0.0641 e. The number of aromatic nitrogens is 2. The summed E-state index contributed by atoms with van der Waals surface area (Å²) in [5, 5.41) is 8.61. The monoisotopic (exact) mass is 341 g/mol. The number of benzene rings is 1. The van der Waals surface area contributed by atoms with Gasteiger partial charge in [0, 0.05) is 40.9 Å². The van der Waals surface area contributed by atoms with E-state index < -0.39 is 0 Å². The van der Waals surface area contributed by atoms with Crippen LogP contribution in [0.2, 0.25) is 5.02 Å². The van der Waals surface area contributed by atoms with Gasteiger partial charge in [-0.3, -0.25) is 4.68 Å². The summed E-state index contributed by atoms with van der Waals surface area (Å²) in [7, 11) is 1.97. The van der Waals surface area contributed by atoms with E-state index in [9.17, 15) is 0 Å². The predicted octanol–water partition coefficient (Wildman–Crippen LogP) is 3.74. The summed E-state index contributed by atoms with van der Waals surface area (Å²) in [6, 6.07) is 5.85. The minimum Gasteiger partial charge on any atom is -0.308 e. The number of nitrogens with zero attached hydrogens (tertiary/aromatic N) is 2. The second-order valence-electron chi connectivity index (χ2n) is 4.61. The van der Waals surface area contributed by atoms with Crippen molar-refractivity contribution >= 4 is 27.5 Å². The van der Waals surface area contributed by atoms with Gasteiger partial charge in [-0.05, 0) is 31.5 Å². The Morgan fingerprint density at radius 2 is 2.05 bits per heavy atom. The molecule has 0 fully saturated rings. The predicted molar refractivity (Wildman–Crippen MR) is 82.4 cm³/mol. The Hall–Kier alpha value is -0.840. The lowest BCUT2D eigenvalue weighted by atomic mass is 10.2. The van der Waals surface area contributed by atoms with Crippen molar-refractivity contribution in [1.29, 1.82) is 0 Å². The summed E-state index contributed by atoms with van der Waals surface area (Å²) in [6.07, 6.45) is 0. The molecule has 0 bridgehead atoms. The van der Waals surface area contributed by atoms with Crippen molar-refractivity contribution < 1.29 is 0 Å². The molecule has 2 rings (SSSR count). The maximum absolute atomic E-state index is 5.93. The molecule has 5 heteroatoms. The van der Waals surface area contributed by atoms with E-state index in [0.29, 0.717) is 0 Å². The summed E-state index contributed by atoms with van der Waals surface area (Å²) in [4.78, 5) is 0. The minimum atomic E-state index is 0.745. The average Bonchev–Trinajstić information content (AvgIpc) is 2.58. The van der Waals surface area contributed by atoms with Gasteiger partial charge in [0.2, 0.25) is 0 Å². The van der Waals surface area contributed by atoms with Crippen LogP contribution >= 0.6 is 27.5 Å². The van der Waals surface area contributed by atoms with Crippen LogP contribution in [0.1, 0.15) is 22.5 Å². The molecular weight excluding hydrogens is 326 g/mol. The SMILES string of the molecule is Cc1nn(C)c(C)c1CNCc1ccc(Cl)cc1Br.